The summed E-state index contributed by atoms with van der Waals surface area (Å²) < 4.78 is 11.9. The lowest BCUT2D eigenvalue weighted by Gasteiger charge is -2.02. The zero-order valence-electron chi connectivity index (χ0n) is 13.3. The van der Waals surface area contributed by atoms with E-state index in [1.807, 2.05) is 24.4 Å². The number of aliphatic imine (C=N–C) groups is 1. The van der Waals surface area contributed by atoms with Gasteiger partial charge in [-0.1, -0.05) is 28.1 Å². The minimum Gasteiger partial charge on any atom is -0.454 e. The van der Waals surface area contributed by atoms with Crippen molar-refractivity contribution in [2.24, 2.45) is 4.99 Å². The van der Waals surface area contributed by atoms with Crippen LogP contribution in [0.1, 0.15) is 16.7 Å². The Bertz CT molecular complexity index is 1030. The molecule has 0 saturated heterocycles. The van der Waals surface area contributed by atoms with Crippen LogP contribution in [0.5, 0.6) is 11.5 Å². The van der Waals surface area contributed by atoms with E-state index in [9.17, 15) is 0 Å². The fourth-order valence-electron chi connectivity index (χ4n) is 3.39. The highest BCUT2D eigenvalue weighted by Crippen LogP contribution is 2.39. The number of fused-ring (bicyclic) bond motifs is 4. The molecule has 1 aliphatic carbocycles. The van der Waals surface area contributed by atoms with E-state index in [-0.39, 0.29) is 6.79 Å². The summed E-state index contributed by atoms with van der Waals surface area (Å²) >= 11 is 3.55. The Labute approximate surface area is 154 Å². The van der Waals surface area contributed by atoms with Crippen LogP contribution in [0.15, 0.2) is 64.1 Å². The molecule has 2 aliphatic rings. The Balaban J connectivity index is 1.43. The summed E-state index contributed by atoms with van der Waals surface area (Å²) in [4.78, 5) is 4.63. The van der Waals surface area contributed by atoms with E-state index in [4.69, 9.17) is 9.47 Å². The first kappa shape index (κ1) is 14.7. The van der Waals surface area contributed by atoms with Gasteiger partial charge in [-0.25, -0.2) is 0 Å². The summed E-state index contributed by atoms with van der Waals surface area (Å²) in [5.41, 5.74) is 7.28. The molecular formula is C21H14BrNO2. The number of hydrogen-bond donors (Lipinski definition) is 0. The Morgan fingerprint density at radius 3 is 2.56 bits per heavy atom. The number of nitrogens with zero attached hydrogens (tertiary/aromatic N) is 1. The van der Waals surface area contributed by atoms with Crippen LogP contribution in [-0.4, -0.2) is 13.0 Å². The molecule has 0 fully saturated rings. The molecule has 25 heavy (non-hydrogen) atoms. The summed E-state index contributed by atoms with van der Waals surface area (Å²) in [5.74, 6) is 1.57. The van der Waals surface area contributed by atoms with Gasteiger partial charge in [0.1, 0.15) is 0 Å². The lowest BCUT2D eigenvalue weighted by Crippen LogP contribution is -1.92. The Morgan fingerprint density at radius 1 is 0.840 bits per heavy atom. The third-order valence-electron chi connectivity index (χ3n) is 4.59. The van der Waals surface area contributed by atoms with Gasteiger partial charge in [0.25, 0.3) is 0 Å². The van der Waals surface area contributed by atoms with Crippen molar-refractivity contribution in [2.75, 3.05) is 6.79 Å². The van der Waals surface area contributed by atoms with Crippen LogP contribution in [0.3, 0.4) is 0 Å². The van der Waals surface area contributed by atoms with Crippen molar-refractivity contribution < 1.29 is 9.47 Å². The number of ether oxygens (including phenoxy) is 2. The number of halogens is 1. The number of rotatable bonds is 2. The Hall–Kier alpha value is -2.59. The van der Waals surface area contributed by atoms with Gasteiger partial charge in [-0.3, -0.25) is 4.99 Å². The predicted molar refractivity (Wildman–Crippen MR) is 102 cm³/mol. The summed E-state index contributed by atoms with van der Waals surface area (Å²) in [6, 6.07) is 18.7. The lowest BCUT2D eigenvalue weighted by molar-refractivity contribution is 0.174. The maximum atomic E-state index is 5.41. The molecule has 0 N–H and O–H groups in total. The standard InChI is InChI=1S/C21H14BrNO2/c22-16-2-4-18-14(9-16)8-15-10-17(3-5-19(15)18)23-11-13-1-6-20-21(7-13)25-12-24-20/h1-7,9-11H,8,12H2. The van der Waals surface area contributed by atoms with Gasteiger partial charge < -0.3 is 9.47 Å². The number of benzene rings is 3. The molecule has 0 unspecified atom stereocenters. The van der Waals surface area contributed by atoms with Crippen molar-refractivity contribution >= 4 is 27.8 Å². The molecule has 0 radical (unpaired) electrons. The molecule has 122 valence electrons. The second-order valence-electron chi connectivity index (χ2n) is 6.19. The molecule has 3 nitrogen and oxygen atoms in total. The van der Waals surface area contributed by atoms with Crippen LogP contribution in [-0.2, 0) is 6.42 Å². The van der Waals surface area contributed by atoms with Crippen LogP contribution in [0.2, 0.25) is 0 Å². The van der Waals surface area contributed by atoms with Crippen molar-refractivity contribution in [1.29, 1.82) is 0 Å². The van der Waals surface area contributed by atoms with E-state index in [0.717, 1.165) is 33.6 Å². The monoisotopic (exact) mass is 391 g/mol. The van der Waals surface area contributed by atoms with Gasteiger partial charge in [-0.15, -0.1) is 0 Å². The summed E-state index contributed by atoms with van der Waals surface area (Å²) in [5, 5.41) is 0. The normalized spacial score (nSPS) is 14.0. The zero-order chi connectivity index (χ0) is 16.8. The van der Waals surface area contributed by atoms with Crippen molar-refractivity contribution in [2.45, 2.75) is 6.42 Å². The van der Waals surface area contributed by atoms with Gasteiger partial charge in [0.05, 0.1) is 5.69 Å². The highest BCUT2D eigenvalue weighted by molar-refractivity contribution is 9.10. The minimum atomic E-state index is 0.289. The van der Waals surface area contributed by atoms with E-state index in [2.05, 4.69) is 57.3 Å². The summed E-state index contributed by atoms with van der Waals surface area (Å²) in [7, 11) is 0. The average Bonchev–Trinajstić information content (AvgIpc) is 3.22. The van der Waals surface area contributed by atoms with Crippen LogP contribution in [0.4, 0.5) is 5.69 Å². The van der Waals surface area contributed by atoms with Crippen molar-refractivity contribution in [3.8, 4) is 22.6 Å². The molecule has 0 aromatic heterocycles. The fourth-order valence-corrected chi connectivity index (χ4v) is 3.80. The van der Waals surface area contributed by atoms with Gasteiger partial charge in [-0.2, -0.15) is 0 Å². The maximum absolute atomic E-state index is 5.41. The third kappa shape index (κ3) is 2.63. The quantitative estimate of drug-likeness (QED) is 0.422. The molecule has 0 bridgehead atoms. The van der Waals surface area contributed by atoms with Gasteiger partial charge in [0, 0.05) is 10.7 Å². The van der Waals surface area contributed by atoms with Gasteiger partial charge in [0.15, 0.2) is 11.5 Å². The van der Waals surface area contributed by atoms with Crippen molar-refractivity contribution in [3.63, 3.8) is 0 Å². The first-order valence-corrected chi connectivity index (χ1v) is 8.91. The molecule has 0 saturated carbocycles. The second-order valence-corrected chi connectivity index (χ2v) is 7.11. The maximum Gasteiger partial charge on any atom is 0.231 e. The zero-order valence-corrected chi connectivity index (χ0v) is 14.9. The smallest absolute Gasteiger partial charge is 0.231 e. The first-order chi connectivity index (χ1) is 12.3. The van der Waals surface area contributed by atoms with Gasteiger partial charge in [-0.05, 0) is 76.7 Å². The van der Waals surface area contributed by atoms with E-state index in [0.29, 0.717) is 0 Å². The molecule has 5 rings (SSSR count). The van der Waals surface area contributed by atoms with Crippen molar-refractivity contribution in [3.05, 3.63) is 75.8 Å². The molecular weight excluding hydrogens is 378 g/mol. The third-order valence-corrected chi connectivity index (χ3v) is 5.08. The summed E-state index contributed by atoms with van der Waals surface area (Å²) in [6.45, 7) is 0.289. The molecule has 1 aliphatic heterocycles. The molecule has 4 heteroatoms. The first-order valence-electron chi connectivity index (χ1n) is 8.12. The lowest BCUT2D eigenvalue weighted by atomic mass is 10.1. The van der Waals surface area contributed by atoms with Crippen LogP contribution in [0, 0.1) is 0 Å². The van der Waals surface area contributed by atoms with E-state index in [1.165, 1.54) is 22.3 Å². The Kier molecular flexibility index (Phi) is 3.38. The topological polar surface area (TPSA) is 30.8 Å². The Morgan fingerprint density at radius 2 is 1.64 bits per heavy atom. The molecule has 0 atom stereocenters. The molecule has 1 heterocycles. The van der Waals surface area contributed by atoms with Crippen LogP contribution in [0.25, 0.3) is 11.1 Å². The van der Waals surface area contributed by atoms with Gasteiger partial charge in [0.2, 0.25) is 6.79 Å². The SMILES string of the molecule is Brc1ccc2c(c1)Cc1cc(N=Cc3ccc4c(c3)OCO4)ccc1-2. The van der Waals surface area contributed by atoms with Crippen molar-refractivity contribution in [1.82, 2.24) is 0 Å². The number of hydrogen-bond acceptors (Lipinski definition) is 3. The highest BCUT2D eigenvalue weighted by Gasteiger charge is 2.18. The molecule has 3 aromatic carbocycles. The van der Waals surface area contributed by atoms with E-state index in [1.54, 1.807) is 0 Å². The average molecular weight is 392 g/mol. The van der Waals surface area contributed by atoms with Gasteiger partial charge >= 0.3 is 0 Å². The highest BCUT2D eigenvalue weighted by atomic mass is 79.9. The van der Waals surface area contributed by atoms with Crippen LogP contribution < -0.4 is 9.47 Å². The van der Waals surface area contributed by atoms with E-state index < -0.39 is 0 Å². The minimum absolute atomic E-state index is 0.289. The van der Waals surface area contributed by atoms with Crippen LogP contribution >= 0.6 is 15.9 Å². The van der Waals surface area contributed by atoms with E-state index >= 15 is 0 Å². The largest absolute Gasteiger partial charge is 0.454 e. The second kappa shape index (κ2) is 5.74. The molecule has 0 spiro atoms. The fraction of sp³-hybridized carbons (Fsp3) is 0.0952. The predicted octanol–water partition coefficient (Wildman–Crippen LogP) is 5.50. The molecule has 3 aromatic rings. The molecule has 0 amide bonds. The summed E-state index contributed by atoms with van der Waals surface area (Å²) in [6.07, 6.45) is 2.82.